The van der Waals surface area contributed by atoms with E-state index in [0.717, 1.165) is 17.7 Å². The third-order valence-electron chi connectivity index (χ3n) is 2.38. The van der Waals surface area contributed by atoms with Crippen LogP contribution < -0.4 is 10.5 Å². The minimum atomic E-state index is -0.173. The van der Waals surface area contributed by atoms with Crippen molar-refractivity contribution in [2.45, 2.75) is 25.9 Å². The highest BCUT2D eigenvalue weighted by Crippen LogP contribution is 2.37. The molecule has 3 N–H and O–H groups in total. The lowest BCUT2D eigenvalue weighted by molar-refractivity contribution is 0.138. The lowest BCUT2D eigenvalue weighted by atomic mass is 10.0. The van der Waals surface area contributed by atoms with Crippen LogP contribution in [-0.2, 0) is 6.42 Å². The predicted molar refractivity (Wildman–Crippen MR) is 55.9 cm³/mol. The molecule has 0 radical (unpaired) electrons. The van der Waals surface area contributed by atoms with Crippen LogP contribution in [-0.4, -0.2) is 11.4 Å². The molecular formula is C11H14N2O. The molecule has 1 heterocycles. The Morgan fingerprint density at radius 2 is 2.21 bits per heavy atom. The summed E-state index contributed by atoms with van der Waals surface area (Å²) in [6, 6.07) is 5.76. The summed E-state index contributed by atoms with van der Waals surface area (Å²) >= 11 is 0. The van der Waals surface area contributed by atoms with Crippen LogP contribution in [0, 0.1) is 5.41 Å². The number of nitrogens with one attached hydrogen (secondary N) is 1. The quantitative estimate of drug-likeness (QED) is 0.523. The molecule has 3 nitrogen and oxygen atoms in total. The zero-order valence-corrected chi connectivity index (χ0v) is 8.42. The summed E-state index contributed by atoms with van der Waals surface area (Å²) in [7, 11) is 0. The van der Waals surface area contributed by atoms with E-state index in [1.54, 1.807) is 0 Å². The topological polar surface area (TPSA) is 59.1 Å². The smallest absolute Gasteiger partial charge is 0.134 e. The fraction of sp³-hybridized carbons (Fsp3) is 0.364. The van der Waals surface area contributed by atoms with E-state index in [2.05, 4.69) is 0 Å². The summed E-state index contributed by atoms with van der Waals surface area (Å²) in [5.74, 6) is 0.851. The molecule has 3 heteroatoms. The summed E-state index contributed by atoms with van der Waals surface area (Å²) in [4.78, 5) is 0. The van der Waals surface area contributed by atoms with Crippen LogP contribution in [0.25, 0.3) is 0 Å². The molecule has 1 aliphatic heterocycles. The minimum Gasteiger partial charge on any atom is -0.486 e. The first-order valence-electron chi connectivity index (χ1n) is 4.65. The molecule has 0 saturated heterocycles. The van der Waals surface area contributed by atoms with E-state index in [4.69, 9.17) is 15.9 Å². The lowest BCUT2D eigenvalue weighted by Crippen LogP contribution is -2.25. The van der Waals surface area contributed by atoms with Crippen molar-refractivity contribution in [3.63, 3.8) is 0 Å². The molecule has 0 amide bonds. The molecule has 0 aromatic heterocycles. The number of nitrogen functional groups attached to an aromatic ring is 1. The maximum Gasteiger partial charge on any atom is 0.134 e. The minimum absolute atomic E-state index is 0.0690. The van der Waals surface area contributed by atoms with Crippen LogP contribution in [0.1, 0.15) is 25.0 Å². The molecule has 1 aromatic carbocycles. The third kappa shape index (κ3) is 1.35. The number of ether oxygens (including phenoxy) is 1. The van der Waals surface area contributed by atoms with E-state index in [-0.39, 0.29) is 11.4 Å². The number of benzene rings is 1. The van der Waals surface area contributed by atoms with Crippen molar-refractivity contribution in [2.24, 2.45) is 5.73 Å². The van der Waals surface area contributed by atoms with Crippen LogP contribution in [0.4, 0.5) is 0 Å². The van der Waals surface area contributed by atoms with Crippen LogP contribution in [0.15, 0.2) is 18.2 Å². The van der Waals surface area contributed by atoms with Crippen molar-refractivity contribution in [1.82, 2.24) is 0 Å². The summed E-state index contributed by atoms with van der Waals surface area (Å²) in [6.07, 6.45) is 0.878. The van der Waals surface area contributed by atoms with Crippen molar-refractivity contribution in [3.8, 4) is 5.75 Å². The number of amidine groups is 1. The number of nitrogens with two attached hydrogens (primary N) is 1. The van der Waals surface area contributed by atoms with E-state index in [9.17, 15) is 0 Å². The van der Waals surface area contributed by atoms with E-state index >= 15 is 0 Å². The van der Waals surface area contributed by atoms with Gasteiger partial charge >= 0.3 is 0 Å². The average Bonchev–Trinajstić information content (AvgIpc) is 2.36. The average molecular weight is 190 g/mol. The fourth-order valence-electron chi connectivity index (χ4n) is 1.83. The molecular weight excluding hydrogens is 176 g/mol. The van der Waals surface area contributed by atoms with Gasteiger partial charge in [0, 0.05) is 6.42 Å². The second kappa shape index (κ2) is 2.74. The van der Waals surface area contributed by atoms with Gasteiger partial charge in [0.1, 0.15) is 17.2 Å². The van der Waals surface area contributed by atoms with Gasteiger partial charge in [-0.15, -0.1) is 0 Å². The largest absolute Gasteiger partial charge is 0.486 e. The van der Waals surface area contributed by atoms with Gasteiger partial charge in [0.05, 0.1) is 5.56 Å². The van der Waals surface area contributed by atoms with Crippen molar-refractivity contribution >= 4 is 5.84 Å². The zero-order valence-electron chi connectivity index (χ0n) is 8.42. The Balaban J connectivity index is 2.52. The summed E-state index contributed by atoms with van der Waals surface area (Å²) in [5, 5.41) is 7.43. The first-order valence-corrected chi connectivity index (χ1v) is 4.65. The number of hydrogen-bond acceptors (Lipinski definition) is 2. The molecule has 1 aromatic rings. The number of hydrogen-bond donors (Lipinski definition) is 2. The van der Waals surface area contributed by atoms with Crippen molar-refractivity contribution < 1.29 is 4.74 Å². The maximum atomic E-state index is 7.43. The van der Waals surface area contributed by atoms with E-state index < -0.39 is 0 Å². The molecule has 0 fully saturated rings. The second-order valence-electron chi connectivity index (χ2n) is 4.25. The summed E-state index contributed by atoms with van der Waals surface area (Å²) in [6.45, 7) is 4.08. The molecule has 0 aliphatic carbocycles. The monoisotopic (exact) mass is 190 g/mol. The Kier molecular flexibility index (Phi) is 1.77. The van der Waals surface area contributed by atoms with E-state index in [0.29, 0.717) is 5.56 Å². The normalized spacial score (nSPS) is 17.3. The SMILES string of the molecule is CC1(C)Cc2cccc(C(=N)N)c2O1. The highest BCUT2D eigenvalue weighted by molar-refractivity contribution is 5.98. The molecule has 0 saturated carbocycles. The van der Waals surface area contributed by atoms with Gasteiger partial charge in [-0.05, 0) is 25.5 Å². The summed E-state index contributed by atoms with van der Waals surface area (Å²) in [5.41, 5.74) is 7.15. The van der Waals surface area contributed by atoms with Gasteiger partial charge in [0.25, 0.3) is 0 Å². The van der Waals surface area contributed by atoms with Gasteiger partial charge in [-0.3, -0.25) is 5.41 Å². The Morgan fingerprint density at radius 1 is 1.50 bits per heavy atom. The third-order valence-corrected chi connectivity index (χ3v) is 2.38. The lowest BCUT2D eigenvalue weighted by Gasteiger charge is -2.17. The molecule has 74 valence electrons. The maximum absolute atomic E-state index is 7.43. The Labute approximate surface area is 83.4 Å². The molecule has 14 heavy (non-hydrogen) atoms. The van der Waals surface area contributed by atoms with Crippen LogP contribution in [0.5, 0.6) is 5.75 Å². The van der Waals surface area contributed by atoms with Gasteiger partial charge in [-0.25, -0.2) is 0 Å². The van der Waals surface area contributed by atoms with Crippen LogP contribution in [0.2, 0.25) is 0 Å². The molecule has 1 aliphatic rings. The Bertz CT molecular complexity index is 396. The standard InChI is InChI=1S/C11H14N2O/c1-11(2)6-7-4-3-5-8(10(12)13)9(7)14-11/h3-5H,6H2,1-2H3,(H3,12,13). The molecule has 0 unspecified atom stereocenters. The second-order valence-corrected chi connectivity index (χ2v) is 4.25. The number of fused-ring (bicyclic) bond motifs is 1. The molecule has 2 rings (SSSR count). The van der Waals surface area contributed by atoms with Crippen molar-refractivity contribution in [2.75, 3.05) is 0 Å². The fourth-order valence-corrected chi connectivity index (χ4v) is 1.83. The molecule has 0 bridgehead atoms. The highest BCUT2D eigenvalue weighted by Gasteiger charge is 2.31. The van der Waals surface area contributed by atoms with Crippen LogP contribution >= 0.6 is 0 Å². The molecule has 0 atom stereocenters. The summed E-state index contributed by atoms with van der Waals surface area (Å²) < 4.78 is 5.77. The first-order chi connectivity index (χ1) is 6.49. The van der Waals surface area contributed by atoms with Gasteiger partial charge < -0.3 is 10.5 Å². The number of para-hydroxylation sites is 1. The van der Waals surface area contributed by atoms with E-state index in [1.807, 2.05) is 32.0 Å². The van der Waals surface area contributed by atoms with Gasteiger partial charge in [-0.1, -0.05) is 12.1 Å². The van der Waals surface area contributed by atoms with Gasteiger partial charge in [-0.2, -0.15) is 0 Å². The number of rotatable bonds is 1. The Hall–Kier alpha value is -1.51. The van der Waals surface area contributed by atoms with Gasteiger partial charge in [0.2, 0.25) is 0 Å². The highest BCUT2D eigenvalue weighted by atomic mass is 16.5. The van der Waals surface area contributed by atoms with E-state index in [1.165, 1.54) is 0 Å². The Morgan fingerprint density at radius 3 is 2.86 bits per heavy atom. The van der Waals surface area contributed by atoms with Crippen molar-refractivity contribution in [3.05, 3.63) is 29.3 Å². The predicted octanol–water partition coefficient (Wildman–Crippen LogP) is 1.68. The van der Waals surface area contributed by atoms with Gasteiger partial charge in [0.15, 0.2) is 0 Å². The van der Waals surface area contributed by atoms with Crippen molar-refractivity contribution in [1.29, 1.82) is 5.41 Å². The molecule has 0 spiro atoms. The first kappa shape index (κ1) is 9.06. The zero-order chi connectivity index (χ0) is 10.3. The van der Waals surface area contributed by atoms with Crippen LogP contribution in [0.3, 0.4) is 0 Å².